The van der Waals surface area contributed by atoms with Gasteiger partial charge in [0.2, 0.25) is 0 Å². The van der Waals surface area contributed by atoms with Crippen molar-refractivity contribution in [3.63, 3.8) is 0 Å². The molecule has 0 aliphatic heterocycles. The second kappa shape index (κ2) is 6.25. The van der Waals surface area contributed by atoms with Gasteiger partial charge in [-0.15, -0.1) is 0 Å². The molecule has 0 aliphatic carbocycles. The Bertz CT molecular complexity index is 567. The molecule has 0 bridgehead atoms. The van der Waals surface area contributed by atoms with E-state index in [2.05, 4.69) is 5.32 Å². The van der Waals surface area contributed by atoms with E-state index in [0.717, 1.165) is 11.3 Å². The highest BCUT2D eigenvalue weighted by Gasteiger charge is 2.08. The Morgan fingerprint density at radius 2 is 1.84 bits per heavy atom. The number of ether oxygens (including phenoxy) is 1. The van der Waals surface area contributed by atoms with Crippen molar-refractivity contribution < 1.29 is 9.53 Å². The number of anilines is 1. The van der Waals surface area contributed by atoms with Gasteiger partial charge in [-0.1, -0.05) is 29.8 Å². The normalized spacial score (nSPS) is 10.0. The van der Waals surface area contributed by atoms with Gasteiger partial charge in [0.15, 0.2) is 0 Å². The van der Waals surface area contributed by atoms with Gasteiger partial charge < -0.3 is 10.1 Å². The van der Waals surface area contributed by atoms with Crippen LogP contribution in [0.15, 0.2) is 48.5 Å². The standard InChI is InChI=1S/C15H14ClNO2/c1-17-13-8-6-11(7-9-13)15(18)19-10-12-4-2-3-5-14(12)16/h2-9,17H,10H2,1H3. The molecule has 2 rings (SSSR count). The molecule has 0 saturated heterocycles. The molecular weight excluding hydrogens is 262 g/mol. The third-order valence-corrected chi connectivity index (χ3v) is 3.09. The van der Waals surface area contributed by atoms with Crippen LogP contribution in [-0.4, -0.2) is 13.0 Å². The van der Waals surface area contributed by atoms with E-state index in [1.54, 1.807) is 18.2 Å². The number of rotatable bonds is 4. The van der Waals surface area contributed by atoms with Crippen LogP contribution < -0.4 is 5.32 Å². The molecule has 0 amide bonds. The first-order chi connectivity index (χ1) is 9.20. The molecule has 0 saturated carbocycles. The summed E-state index contributed by atoms with van der Waals surface area (Å²) < 4.78 is 5.22. The van der Waals surface area contributed by atoms with Gasteiger partial charge in [0.25, 0.3) is 0 Å². The number of carbonyl (C=O) groups excluding carboxylic acids is 1. The summed E-state index contributed by atoms with van der Waals surface area (Å²) >= 11 is 5.99. The predicted molar refractivity (Wildman–Crippen MR) is 76.6 cm³/mol. The lowest BCUT2D eigenvalue weighted by atomic mass is 10.2. The number of benzene rings is 2. The number of hydrogen-bond acceptors (Lipinski definition) is 3. The van der Waals surface area contributed by atoms with E-state index in [0.29, 0.717) is 10.6 Å². The van der Waals surface area contributed by atoms with Crippen LogP contribution in [0.2, 0.25) is 5.02 Å². The summed E-state index contributed by atoms with van der Waals surface area (Å²) in [6.07, 6.45) is 0. The SMILES string of the molecule is CNc1ccc(C(=O)OCc2ccccc2Cl)cc1. The molecule has 3 nitrogen and oxygen atoms in total. The molecule has 0 fully saturated rings. The summed E-state index contributed by atoms with van der Waals surface area (Å²) in [5, 5.41) is 3.59. The molecule has 2 aromatic rings. The van der Waals surface area contributed by atoms with Gasteiger partial charge in [0.05, 0.1) is 5.56 Å². The number of esters is 1. The van der Waals surface area contributed by atoms with Crippen molar-refractivity contribution in [3.05, 3.63) is 64.7 Å². The van der Waals surface area contributed by atoms with E-state index < -0.39 is 0 Å². The number of nitrogens with one attached hydrogen (secondary N) is 1. The highest BCUT2D eigenvalue weighted by atomic mass is 35.5. The highest BCUT2D eigenvalue weighted by Crippen LogP contribution is 2.17. The average molecular weight is 276 g/mol. The summed E-state index contributed by atoms with van der Waals surface area (Å²) in [7, 11) is 1.82. The third kappa shape index (κ3) is 3.48. The van der Waals surface area contributed by atoms with Crippen LogP contribution in [0.4, 0.5) is 5.69 Å². The second-order valence-electron chi connectivity index (χ2n) is 3.99. The molecule has 2 aromatic carbocycles. The van der Waals surface area contributed by atoms with Crippen LogP contribution in [0, 0.1) is 0 Å². The van der Waals surface area contributed by atoms with E-state index in [4.69, 9.17) is 16.3 Å². The zero-order valence-corrected chi connectivity index (χ0v) is 11.3. The fraction of sp³-hybridized carbons (Fsp3) is 0.133. The first-order valence-corrected chi connectivity index (χ1v) is 6.27. The van der Waals surface area contributed by atoms with Gasteiger partial charge in [0.1, 0.15) is 6.61 Å². The smallest absolute Gasteiger partial charge is 0.338 e. The monoisotopic (exact) mass is 275 g/mol. The number of halogens is 1. The van der Waals surface area contributed by atoms with Crippen molar-refractivity contribution in [2.24, 2.45) is 0 Å². The third-order valence-electron chi connectivity index (χ3n) is 2.73. The van der Waals surface area contributed by atoms with Crippen LogP contribution in [0.25, 0.3) is 0 Å². The minimum Gasteiger partial charge on any atom is -0.457 e. The summed E-state index contributed by atoms with van der Waals surface area (Å²) in [6, 6.07) is 14.4. The lowest BCUT2D eigenvalue weighted by Gasteiger charge is -2.07. The minimum absolute atomic E-state index is 0.173. The van der Waals surface area contributed by atoms with Crippen LogP contribution >= 0.6 is 11.6 Å². The average Bonchev–Trinajstić information content (AvgIpc) is 2.46. The fourth-order valence-electron chi connectivity index (χ4n) is 1.62. The molecule has 0 radical (unpaired) electrons. The zero-order valence-electron chi connectivity index (χ0n) is 10.5. The second-order valence-corrected chi connectivity index (χ2v) is 4.40. The van der Waals surface area contributed by atoms with E-state index in [-0.39, 0.29) is 12.6 Å². The van der Waals surface area contributed by atoms with Crippen molar-refractivity contribution in [1.82, 2.24) is 0 Å². The van der Waals surface area contributed by atoms with E-state index in [1.165, 1.54) is 0 Å². The molecule has 0 aliphatic rings. The molecule has 0 unspecified atom stereocenters. The number of carbonyl (C=O) groups is 1. The lowest BCUT2D eigenvalue weighted by molar-refractivity contribution is 0.0473. The first-order valence-electron chi connectivity index (χ1n) is 5.89. The largest absolute Gasteiger partial charge is 0.457 e. The van der Waals surface area contributed by atoms with Gasteiger partial charge in [-0.2, -0.15) is 0 Å². The molecule has 0 atom stereocenters. The quantitative estimate of drug-likeness (QED) is 0.864. The maximum Gasteiger partial charge on any atom is 0.338 e. The Balaban J connectivity index is 1.99. The van der Waals surface area contributed by atoms with Gasteiger partial charge in [-0.25, -0.2) is 4.79 Å². The minimum atomic E-state index is -0.359. The van der Waals surface area contributed by atoms with Crippen LogP contribution in [0.3, 0.4) is 0 Å². The molecule has 98 valence electrons. The number of hydrogen-bond donors (Lipinski definition) is 1. The Hall–Kier alpha value is -2.00. The van der Waals surface area contributed by atoms with Gasteiger partial charge in [-0.05, 0) is 30.3 Å². The van der Waals surface area contributed by atoms with Crippen LogP contribution in [0.5, 0.6) is 0 Å². The van der Waals surface area contributed by atoms with Crippen molar-refractivity contribution in [3.8, 4) is 0 Å². The van der Waals surface area contributed by atoms with Crippen LogP contribution in [-0.2, 0) is 11.3 Å². The first kappa shape index (κ1) is 13.4. The maximum atomic E-state index is 11.8. The lowest BCUT2D eigenvalue weighted by Crippen LogP contribution is -2.05. The van der Waals surface area contributed by atoms with Crippen molar-refractivity contribution in [1.29, 1.82) is 0 Å². The fourth-order valence-corrected chi connectivity index (χ4v) is 1.81. The Kier molecular flexibility index (Phi) is 4.42. The molecule has 0 aromatic heterocycles. The van der Waals surface area contributed by atoms with Crippen molar-refractivity contribution >= 4 is 23.3 Å². The molecular formula is C15H14ClNO2. The molecule has 1 N–H and O–H groups in total. The highest BCUT2D eigenvalue weighted by molar-refractivity contribution is 6.31. The van der Waals surface area contributed by atoms with E-state index >= 15 is 0 Å². The van der Waals surface area contributed by atoms with Gasteiger partial charge in [-0.3, -0.25) is 0 Å². The van der Waals surface area contributed by atoms with E-state index in [9.17, 15) is 4.79 Å². The Morgan fingerprint density at radius 3 is 2.47 bits per heavy atom. The molecule has 0 spiro atoms. The summed E-state index contributed by atoms with van der Waals surface area (Å²) in [5.41, 5.74) is 2.26. The van der Waals surface area contributed by atoms with Crippen LogP contribution in [0.1, 0.15) is 15.9 Å². The summed E-state index contributed by atoms with van der Waals surface area (Å²) in [4.78, 5) is 11.8. The summed E-state index contributed by atoms with van der Waals surface area (Å²) in [5.74, 6) is -0.359. The summed E-state index contributed by atoms with van der Waals surface area (Å²) in [6.45, 7) is 0.173. The predicted octanol–water partition coefficient (Wildman–Crippen LogP) is 3.74. The van der Waals surface area contributed by atoms with E-state index in [1.807, 2.05) is 37.4 Å². The van der Waals surface area contributed by atoms with Gasteiger partial charge in [0, 0.05) is 23.3 Å². The Labute approximate surface area is 117 Å². The van der Waals surface area contributed by atoms with Crippen molar-refractivity contribution in [2.45, 2.75) is 6.61 Å². The van der Waals surface area contributed by atoms with Gasteiger partial charge >= 0.3 is 5.97 Å². The topological polar surface area (TPSA) is 38.3 Å². The maximum absolute atomic E-state index is 11.8. The molecule has 0 heterocycles. The molecule has 4 heteroatoms. The zero-order chi connectivity index (χ0) is 13.7. The Morgan fingerprint density at radius 1 is 1.16 bits per heavy atom. The molecule has 19 heavy (non-hydrogen) atoms. The van der Waals surface area contributed by atoms with Crippen molar-refractivity contribution in [2.75, 3.05) is 12.4 Å².